The van der Waals surface area contributed by atoms with Gasteiger partial charge in [0, 0.05) is 0 Å². The van der Waals surface area contributed by atoms with Crippen molar-refractivity contribution >= 4 is 0 Å². The SMILES string of the molecule is COc1ccc(-[n+]2[nH]nnc2C2CCN(C)CC2)cc1. The average molecular weight is 274 g/mol. The average Bonchev–Trinajstić information content (AvgIpc) is 2.97. The molecule has 0 aliphatic carbocycles. The molecule has 2 heterocycles. The number of nitrogens with one attached hydrogen (secondary N) is 1. The van der Waals surface area contributed by atoms with Crippen LogP contribution >= 0.6 is 0 Å². The Balaban J connectivity index is 1.85. The van der Waals surface area contributed by atoms with Gasteiger partial charge in [0.1, 0.15) is 16.5 Å². The molecule has 1 aromatic heterocycles. The van der Waals surface area contributed by atoms with Crippen molar-refractivity contribution < 1.29 is 9.42 Å². The van der Waals surface area contributed by atoms with Gasteiger partial charge in [-0.05, 0) is 57.2 Å². The lowest BCUT2D eigenvalue weighted by Crippen LogP contribution is -2.41. The fourth-order valence-electron chi connectivity index (χ4n) is 2.67. The van der Waals surface area contributed by atoms with E-state index < -0.39 is 0 Å². The fourth-order valence-corrected chi connectivity index (χ4v) is 2.67. The first-order chi connectivity index (χ1) is 9.78. The molecular formula is C14H20N5O+. The predicted molar refractivity (Wildman–Crippen MR) is 73.9 cm³/mol. The quantitative estimate of drug-likeness (QED) is 0.845. The topological polar surface area (TPSA) is 57.9 Å². The lowest BCUT2D eigenvalue weighted by molar-refractivity contribution is -0.669. The van der Waals surface area contributed by atoms with Crippen LogP contribution in [-0.2, 0) is 0 Å². The van der Waals surface area contributed by atoms with Crippen LogP contribution in [0.1, 0.15) is 24.6 Å². The van der Waals surface area contributed by atoms with E-state index in [0.29, 0.717) is 5.92 Å². The predicted octanol–water partition coefficient (Wildman–Crippen LogP) is 0.899. The molecule has 0 spiro atoms. The summed E-state index contributed by atoms with van der Waals surface area (Å²) < 4.78 is 7.16. The van der Waals surface area contributed by atoms with Crippen molar-refractivity contribution in [3.63, 3.8) is 0 Å². The van der Waals surface area contributed by atoms with E-state index in [1.54, 1.807) is 7.11 Å². The lowest BCUT2D eigenvalue weighted by atomic mass is 9.96. The van der Waals surface area contributed by atoms with Gasteiger partial charge in [-0.2, -0.15) is 0 Å². The third kappa shape index (κ3) is 2.51. The van der Waals surface area contributed by atoms with Crippen molar-refractivity contribution in [2.45, 2.75) is 18.8 Å². The molecule has 2 aromatic rings. The van der Waals surface area contributed by atoms with E-state index in [2.05, 4.69) is 27.5 Å². The summed E-state index contributed by atoms with van der Waals surface area (Å²) in [6.45, 7) is 2.22. The minimum atomic E-state index is 0.465. The second kappa shape index (κ2) is 5.58. The van der Waals surface area contributed by atoms with Crippen LogP contribution in [0.3, 0.4) is 0 Å². The monoisotopic (exact) mass is 274 g/mol. The van der Waals surface area contributed by atoms with E-state index in [1.165, 1.54) is 0 Å². The van der Waals surface area contributed by atoms with Gasteiger partial charge in [0.25, 0.3) is 0 Å². The highest BCUT2D eigenvalue weighted by Crippen LogP contribution is 2.24. The molecule has 3 rings (SSSR count). The minimum Gasteiger partial charge on any atom is -0.497 e. The molecule has 6 nitrogen and oxygen atoms in total. The first-order valence-electron chi connectivity index (χ1n) is 6.94. The molecule has 0 saturated carbocycles. The molecule has 6 heteroatoms. The molecule has 106 valence electrons. The van der Waals surface area contributed by atoms with E-state index in [9.17, 15) is 0 Å². The van der Waals surface area contributed by atoms with E-state index in [1.807, 2.05) is 28.9 Å². The van der Waals surface area contributed by atoms with Gasteiger partial charge in [-0.25, -0.2) is 0 Å². The fraction of sp³-hybridized carbons (Fsp3) is 0.500. The normalized spacial score (nSPS) is 17.3. The van der Waals surface area contributed by atoms with Crippen LogP contribution in [0.2, 0.25) is 0 Å². The van der Waals surface area contributed by atoms with Gasteiger partial charge in [-0.15, -0.1) is 4.68 Å². The van der Waals surface area contributed by atoms with Gasteiger partial charge in [0.2, 0.25) is 0 Å². The molecular weight excluding hydrogens is 254 g/mol. The van der Waals surface area contributed by atoms with Crippen molar-refractivity contribution in [3.05, 3.63) is 30.1 Å². The van der Waals surface area contributed by atoms with Gasteiger partial charge < -0.3 is 9.64 Å². The summed E-state index contributed by atoms with van der Waals surface area (Å²) in [5.41, 5.74) is 1.03. The summed E-state index contributed by atoms with van der Waals surface area (Å²) in [7, 11) is 3.83. The van der Waals surface area contributed by atoms with Crippen LogP contribution in [0.4, 0.5) is 0 Å². The summed E-state index contributed by atoms with van der Waals surface area (Å²) in [6.07, 6.45) is 2.25. The van der Waals surface area contributed by atoms with Crippen LogP contribution in [-0.4, -0.2) is 47.7 Å². The Hall–Kier alpha value is -1.95. The third-order valence-corrected chi connectivity index (χ3v) is 3.94. The lowest BCUT2D eigenvalue weighted by Gasteiger charge is -2.26. The molecule has 1 aromatic carbocycles. The maximum Gasteiger partial charge on any atom is 0.308 e. The molecule has 1 fully saturated rings. The first kappa shape index (κ1) is 13.1. The summed E-state index contributed by atoms with van der Waals surface area (Å²) in [4.78, 5) is 2.36. The van der Waals surface area contributed by atoms with Crippen LogP contribution in [0.15, 0.2) is 24.3 Å². The first-order valence-corrected chi connectivity index (χ1v) is 6.94. The van der Waals surface area contributed by atoms with Crippen LogP contribution in [0, 0.1) is 0 Å². The number of aromatic amines is 1. The zero-order valence-electron chi connectivity index (χ0n) is 11.9. The Morgan fingerprint density at radius 2 is 1.95 bits per heavy atom. The van der Waals surface area contributed by atoms with Gasteiger partial charge in [-0.1, -0.05) is 5.21 Å². The van der Waals surface area contributed by atoms with Crippen molar-refractivity contribution in [2.75, 3.05) is 27.2 Å². The van der Waals surface area contributed by atoms with Crippen molar-refractivity contribution in [2.24, 2.45) is 0 Å². The molecule has 1 aliphatic heterocycles. The number of aromatic nitrogens is 4. The zero-order chi connectivity index (χ0) is 13.9. The highest BCUT2D eigenvalue weighted by Gasteiger charge is 2.29. The molecule has 0 amide bonds. The largest absolute Gasteiger partial charge is 0.497 e. The number of methoxy groups -OCH3 is 1. The summed E-state index contributed by atoms with van der Waals surface area (Å²) in [5.74, 6) is 2.33. The third-order valence-electron chi connectivity index (χ3n) is 3.94. The van der Waals surface area contributed by atoms with E-state index in [0.717, 1.165) is 43.2 Å². The Kier molecular flexibility index (Phi) is 3.64. The molecule has 1 saturated heterocycles. The molecule has 20 heavy (non-hydrogen) atoms. The number of benzene rings is 1. The Morgan fingerprint density at radius 3 is 2.60 bits per heavy atom. The van der Waals surface area contributed by atoms with Gasteiger partial charge in [-0.3, -0.25) is 0 Å². The van der Waals surface area contributed by atoms with Crippen LogP contribution < -0.4 is 9.42 Å². The maximum absolute atomic E-state index is 5.19. The van der Waals surface area contributed by atoms with Crippen molar-refractivity contribution in [3.8, 4) is 11.4 Å². The van der Waals surface area contributed by atoms with E-state index in [-0.39, 0.29) is 0 Å². The Bertz CT molecular complexity index is 557. The Morgan fingerprint density at radius 1 is 1.25 bits per heavy atom. The molecule has 0 unspecified atom stereocenters. The summed E-state index contributed by atoms with van der Waals surface area (Å²) in [5, 5.41) is 11.2. The number of tetrazole rings is 1. The second-order valence-electron chi connectivity index (χ2n) is 5.27. The van der Waals surface area contributed by atoms with Crippen molar-refractivity contribution in [1.29, 1.82) is 0 Å². The summed E-state index contributed by atoms with van der Waals surface area (Å²) >= 11 is 0. The molecule has 0 atom stereocenters. The van der Waals surface area contributed by atoms with Crippen LogP contribution in [0.25, 0.3) is 5.69 Å². The van der Waals surface area contributed by atoms with Crippen molar-refractivity contribution in [1.82, 2.24) is 20.4 Å². The second-order valence-corrected chi connectivity index (χ2v) is 5.27. The van der Waals surface area contributed by atoms with E-state index in [4.69, 9.17) is 4.74 Å². The number of ether oxygens (including phenoxy) is 1. The molecule has 1 aliphatic rings. The molecule has 0 radical (unpaired) electrons. The Labute approximate surface area is 118 Å². The smallest absolute Gasteiger partial charge is 0.308 e. The number of hydrogen-bond acceptors (Lipinski definition) is 4. The number of H-pyrrole nitrogens is 1. The highest BCUT2D eigenvalue weighted by molar-refractivity contribution is 5.31. The number of nitrogens with zero attached hydrogens (tertiary/aromatic N) is 4. The van der Waals surface area contributed by atoms with Gasteiger partial charge in [0.15, 0.2) is 5.21 Å². The van der Waals surface area contributed by atoms with E-state index >= 15 is 0 Å². The maximum atomic E-state index is 5.19. The standard InChI is InChI=1S/C14H19N5O/c1-18-9-7-11(8-10-18)14-15-16-17-19(14)12-3-5-13(20-2)6-4-12/h3-6,11H,7-10H2,1-2H3/p+1. The highest BCUT2D eigenvalue weighted by atomic mass is 16.5. The van der Waals surface area contributed by atoms with Gasteiger partial charge >= 0.3 is 5.82 Å². The summed E-state index contributed by atoms with van der Waals surface area (Å²) in [6, 6.07) is 7.91. The number of piperidine rings is 1. The zero-order valence-corrected chi connectivity index (χ0v) is 11.9. The number of hydrogen-bond donors (Lipinski definition) is 1. The van der Waals surface area contributed by atoms with Crippen LogP contribution in [0.5, 0.6) is 5.75 Å². The number of likely N-dealkylation sites (tertiary alicyclic amines) is 1. The van der Waals surface area contributed by atoms with Gasteiger partial charge in [0.05, 0.1) is 13.0 Å². The number of rotatable bonds is 3. The minimum absolute atomic E-state index is 0.465. The molecule has 1 N–H and O–H groups in total. The molecule has 0 bridgehead atoms.